The molecule has 0 aliphatic heterocycles. The van der Waals surface area contributed by atoms with Crippen molar-refractivity contribution >= 4 is 17.7 Å². The highest BCUT2D eigenvalue weighted by molar-refractivity contribution is 5.93. The van der Waals surface area contributed by atoms with Crippen LogP contribution < -0.4 is 10.2 Å². The number of amides is 2. The number of carboxylic acid groups (broad SMARTS) is 1. The van der Waals surface area contributed by atoms with Gasteiger partial charge < -0.3 is 10.4 Å². The molecule has 1 rings (SSSR count). The van der Waals surface area contributed by atoms with Gasteiger partial charge in [0.2, 0.25) is 0 Å². The monoisotopic (exact) mass is 266 g/mol. The number of urea groups is 1. The van der Waals surface area contributed by atoms with Crippen molar-refractivity contribution < 1.29 is 19.1 Å². The van der Waals surface area contributed by atoms with Crippen LogP contribution in [0.5, 0.6) is 0 Å². The molecule has 1 unspecified atom stereocenters. The predicted octanol–water partition coefficient (Wildman–Crippen LogP) is 2.00. The summed E-state index contributed by atoms with van der Waals surface area (Å²) in [7, 11) is 1.47. The molecule has 5 nitrogen and oxygen atoms in total. The van der Waals surface area contributed by atoms with Crippen molar-refractivity contribution in [1.82, 2.24) is 5.32 Å². The van der Waals surface area contributed by atoms with Gasteiger partial charge in [-0.1, -0.05) is 6.08 Å². The van der Waals surface area contributed by atoms with Crippen molar-refractivity contribution in [2.75, 3.05) is 11.9 Å². The predicted molar refractivity (Wildman–Crippen MR) is 69.6 cm³/mol. The Bertz CT molecular complexity index is 473. The molecule has 1 aromatic rings. The summed E-state index contributed by atoms with van der Waals surface area (Å²) in [5.41, 5.74) is 0.460. The van der Waals surface area contributed by atoms with Gasteiger partial charge in [0.15, 0.2) is 0 Å². The summed E-state index contributed by atoms with van der Waals surface area (Å²) in [4.78, 5) is 23.9. The van der Waals surface area contributed by atoms with Crippen LogP contribution in [-0.4, -0.2) is 30.2 Å². The van der Waals surface area contributed by atoms with Crippen LogP contribution in [-0.2, 0) is 4.79 Å². The molecule has 0 saturated heterocycles. The number of anilines is 1. The van der Waals surface area contributed by atoms with Crippen LogP contribution in [0.1, 0.15) is 6.42 Å². The molecule has 0 fully saturated rings. The second kappa shape index (κ2) is 6.53. The number of carboxylic acids is 1. The molecule has 0 saturated carbocycles. The van der Waals surface area contributed by atoms with Gasteiger partial charge in [0.05, 0.1) is 0 Å². The number of benzene rings is 1. The summed E-state index contributed by atoms with van der Waals surface area (Å²) < 4.78 is 12.8. The molecule has 2 N–H and O–H groups in total. The van der Waals surface area contributed by atoms with Crippen LogP contribution in [0.15, 0.2) is 36.9 Å². The Balaban J connectivity index is 2.73. The molecule has 2 amide bonds. The summed E-state index contributed by atoms with van der Waals surface area (Å²) in [6.45, 7) is 3.43. The summed E-state index contributed by atoms with van der Waals surface area (Å²) in [6, 6.07) is 3.68. The minimum absolute atomic E-state index is 0.123. The number of carbonyl (C=O) groups is 2. The summed E-state index contributed by atoms with van der Waals surface area (Å²) >= 11 is 0. The standard InChI is InChI=1S/C13H15FN2O3/c1-3-4-11(12(17)18)15-13(19)16(2)10-7-5-9(14)6-8-10/h3,5-8,11H,1,4H2,2H3,(H,15,19)(H,17,18). The SMILES string of the molecule is C=CCC(NC(=O)N(C)c1ccc(F)cc1)C(=O)O. The third-order valence-corrected chi connectivity index (χ3v) is 2.52. The minimum atomic E-state index is -1.14. The Kier molecular flexibility index (Phi) is 5.05. The van der Waals surface area contributed by atoms with Crippen LogP contribution in [0.3, 0.4) is 0 Å². The third kappa shape index (κ3) is 4.09. The lowest BCUT2D eigenvalue weighted by molar-refractivity contribution is -0.139. The highest BCUT2D eigenvalue weighted by atomic mass is 19.1. The zero-order valence-corrected chi connectivity index (χ0v) is 10.5. The van der Waals surface area contributed by atoms with Gasteiger partial charge in [-0.2, -0.15) is 0 Å². The van der Waals surface area contributed by atoms with Gasteiger partial charge in [-0.15, -0.1) is 6.58 Å². The zero-order valence-electron chi connectivity index (χ0n) is 10.5. The number of carbonyl (C=O) groups excluding carboxylic acids is 1. The first-order valence-electron chi connectivity index (χ1n) is 5.59. The van der Waals surface area contributed by atoms with Crippen molar-refractivity contribution in [3.05, 3.63) is 42.7 Å². The van der Waals surface area contributed by atoms with E-state index in [2.05, 4.69) is 11.9 Å². The molecule has 1 atom stereocenters. The molecule has 1 aromatic carbocycles. The molecular weight excluding hydrogens is 251 g/mol. The van der Waals surface area contributed by atoms with Crippen molar-refractivity contribution in [3.8, 4) is 0 Å². The first-order chi connectivity index (χ1) is 8.95. The molecule has 0 radical (unpaired) electrons. The lowest BCUT2D eigenvalue weighted by Gasteiger charge is -2.20. The van der Waals surface area contributed by atoms with Crippen molar-refractivity contribution in [3.63, 3.8) is 0 Å². The topological polar surface area (TPSA) is 69.6 Å². The Labute approximate surface area is 110 Å². The molecule has 0 aliphatic carbocycles. The Morgan fingerprint density at radius 1 is 1.47 bits per heavy atom. The van der Waals surface area contributed by atoms with Crippen LogP contribution >= 0.6 is 0 Å². The van der Waals surface area contributed by atoms with Gasteiger partial charge in [-0.3, -0.25) is 4.90 Å². The fraction of sp³-hybridized carbons (Fsp3) is 0.231. The maximum Gasteiger partial charge on any atom is 0.326 e. The smallest absolute Gasteiger partial charge is 0.326 e. The molecule has 6 heteroatoms. The Hall–Kier alpha value is -2.37. The van der Waals surface area contributed by atoms with E-state index in [1.165, 1.54) is 42.3 Å². The average molecular weight is 266 g/mol. The van der Waals surface area contributed by atoms with Crippen molar-refractivity contribution in [2.45, 2.75) is 12.5 Å². The number of nitrogens with one attached hydrogen (secondary N) is 1. The van der Waals surface area contributed by atoms with E-state index in [-0.39, 0.29) is 6.42 Å². The molecule has 19 heavy (non-hydrogen) atoms. The van der Waals surface area contributed by atoms with Gasteiger partial charge in [0.1, 0.15) is 11.9 Å². The molecule has 0 aliphatic rings. The summed E-state index contributed by atoms with van der Waals surface area (Å²) in [5.74, 6) is -1.55. The van der Waals surface area contributed by atoms with Crippen molar-refractivity contribution in [1.29, 1.82) is 0 Å². The van der Waals surface area contributed by atoms with Crippen LogP contribution in [0.2, 0.25) is 0 Å². The van der Waals surface area contributed by atoms with E-state index < -0.39 is 23.9 Å². The minimum Gasteiger partial charge on any atom is -0.480 e. The van der Waals surface area contributed by atoms with E-state index in [4.69, 9.17) is 5.11 Å². The van der Waals surface area contributed by atoms with Crippen LogP contribution in [0.4, 0.5) is 14.9 Å². The first-order valence-corrected chi connectivity index (χ1v) is 5.59. The van der Waals surface area contributed by atoms with E-state index in [1.807, 2.05) is 0 Å². The van der Waals surface area contributed by atoms with E-state index in [0.29, 0.717) is 5.69 Å². The molecule has 102 valence electrons. The summed E-state index contributed by atoms with van der Waals surface area (Å²) in [5, 5.41) is 11.3. The number of hydrogen-bond donors (Lipinski definition) is 2. The van der Waals surface area contributed by atoms with E-state index in [9.17, 15) is 14.0 Å². The van der Waals surface area contributed by atoms with Gasteiger partial charge >= 0.3 is 12.0 Å². The van der Waals surface area contributed by atoms with Gasteiger partial charge in [-0.05, 0) is 30.7 Å². The Morgan fingerprint density at radius 2 is 2.05 bits per heavy atom. The number of aliphatic carboxylic acids is 1. The quantitative estimate of drug-likeness (QED) is 0.801. The molecule has 0 heterocycles. The van der Waals surface area contributed by atoms with Gasteiger partial charge in [-0.25, -0.2) is 14.0 Å². The maximum absolute atomic E-state index is 12.8. The van der Waals surface area contributed by atoms with E-state index in [1.54, 1.807) is 0 Å². The molecule has 0 bridgehead atoms. The van der Waals surface area contributed by atoms with Crippen molar-refractivity contribution in [2.24, 2.45) is 0 Å². The number of rotatable bonds is 5. The second-order valence-electron chi connectivity index (χ2n) is 3.90. The Morgan fingerprint density at radius 3 is 2.53 bits per heavy atom. The lowest BCUT2D eigenvalue weighted by atomic mass is 10.2. The molecule has 0 aromatic heterocycles. The van der Waals surface area contributed by atoms with Crippen LogP contribution in [0.25, 0.3) is 0 Å². The summed E-state index contributed by atoms with van der Waals surface area (Å²) in [6.07, 6.45) is 1.54. The van der Waals surface area contributed by atoms with E-state index >= 15 is 0 Å². The lowest BCUT2D eigenvalue weighted by Crippen LogP contribution is -2.46. The highest BCUT2D eigenvalue weighted by Crippen LogP contribution is 2.13. The number of hydrogen-bond acceptors (Lipinski definition) is 2. The molecular formula is C13H15FN2O3. The number of nitrogens with zero attached hydrogens (tertiary/aromatic N) is 1. The normalized spacial score (nSPS) is 11.5. The maximum atomic E-state index is 12.8. The molecule has 0 spiro atoms. The third-order valence-electron chi connectivity index (χ3n) is 2.52. The highest BCUT2D eigenvalue weighted by Gasteiger charge is 2.20. The fourth-order valence-corrected chi connectivity index (χ4v) is 1.42. The van der Waals surface area contributed by atoms with Crippen LogP contribution in [0, 0.1) is 5.82 Å². The first kappa shape index (κ1) is 14.7. The second-order valence-corrected chi connectivity index (χ2v) is 3.90. The average Bonchev–Trinajstić information content (AvgIpc) is 2.38. The van der Waals surface area contributed by atoms with Gasteiger partial charge in [0.25, 0.3) is 0 Å². The fourth-order valence-electron chi connectivity index (χ4n) is 1.42. The number of halogens is 1. The van der Waals surface area contributed by atoms with Gasteiger partial charge in [0, 0.05) is 12.7 Å². The zero-order chi connectivity index (χ0) is 14.4. The van der Waals surface area contributed by atoms with E-state index in [0.717, 1.165) is 0 Å². The largest absolute Gasteiger partial charge is 0.480 e.